The number of aromatic hydroxyl groups is 1. The van der Waals surface area contributed by atoms with Crippen LogP contribution in [0, 0.1) is 6.92 Å². The molecule has 0 amide bonds. The fraction of sp³-hybridized carbons (Fsp3) is 0.385. The smallest absolute Gasteiger partial charge is 0.128 e. The number of hydrogen-bond acceptors (Lipinski definition) is 2. The SMILES string of the molecule is Cc1c[nH]c2ccc(CC3(N)CC3)c(O)c12. The molecule has 2 aromatic rings. The van der Waals surface area contributed by atoms with Crippen molar-refractivity contribution < 1.29 is 5.11 Å². The molecule has 3 nitrogen and oxygen atoms in total. The molecular formula is C13H16N2O. The summed E-state index contributed by atoms with van der Waals surface area (Å²) in [5, 5.41) is 11.2. The van der Waals surface area contributed by atoms with E-state index in [1.807, 2.05) is 25.3 Å². The van der Waals surface area contributed by atoms with Crippen molar-refractivity contribution in [2.24, 2.45) is 5.73 Å². The van der Waals surface area contributed by atoms with Gasteiger partial charge in [-0.2, -0.15) is 0 Å². The van der Waals surface area contributed by atoms with Crippen LogP contribution < -0.4 is 5.73 Å². The molecule has 1 heterocycles. The van der Waals surface area contributed by atoms with Crippen molar-refractivity contribution in [3.05, 3.63) is 29.5 Å². The molecule has 0 bridgehead atoms. The van der Waals surface area contributed by atoms with Crippen LogP contribution in [0.3, 0.4) is 0 Å². The van der Waals surface area contributed by atoms with Gasteiger partial charge in [0.25, 0.3) is 0 Å². The van der Waals surface area contributed by atoms with Crippen LogP contribution in [0.4, 0.5) is 0 Å². The van der Waals surface area contributed by atoms with Gasteiger partial charge in [0, 0.05) is 22.6 Å². The van der Waals surface area contributed by atoms with Gasteiger partial charge < -0.3 is 15.8 Å². The zero-order chi connectivity index (χ0) is 11.3. The topological polar surface area (TPSA) is 62.0 Å². The Morgan fingerprint density at radius 3 is 2.88 bits per heavy atom. The van der Waals surface area contributed by atoms with E-state index in [1.54, 1.807) is 0 Å². The molecule has 16 heavy (non-hydrogen) atoms. The highest BCUT2D eigenvalue weighted by Crippen LogP contribution is 2.39. The van der Waals surface area contributed by atoms with E-state index < -0.39 is 0 Å². The lowest BCUT2D eigenvalue weighted by Gasteiger charge is -2.11. The predicted octanol–water partition coefficient (Wildman–Crippen LogP) is 2.22. The summed E-state index contributed by atoms with van der Waals surface area (Å²) in [5.41, 5.74) is 9.06. The molecule has 1 aliphatic carbocycles. The number of benzene rings is 1. The second-order valence-electron chi connectivity index (χ2n) is 5.01. The van der Waals surface area contributed by atoms with E-state index in [4.69, 9.17) is 5.73 Å². The van der Waals surface area contributed by atoms with E-state index in [0.717, 1.165) is 41.3 Å². The molecule has 0 spiro atoms. The first-order valence-corrected chi connectivity index (χ1v) is 5.66. The third kappa shape index (κ3) is 1.39. The van der Waals surface area contributed by atoms with E-state index >= 15 is 0 Å². The Morgan fingerprint density at radius 1 is 1.44 bits per heavy atom. The molecule has 3 heteroatoms. The van der Waals surface area contributed by atoms with Crippen LogP contribution in [-0.4, -0.2) is 15.6 Å². The minimum atomic E-state index is -0.0602. The number of hydrogen-bond donors (Lipinski definition) is 3. The molecule has 0 radical (unpaired) electrons. The van der Waals surface area contributed by atoms with Crippen molar-refractivity contribution in [2.45, 2.75) is 31.7 Å². The van der Waals surface area contributed by atoms with Crippen molar-refractivity contribution in [3.8, 4) is 5.75 Å². The van der Waals surface area contributed by atoms with Gasteiger partial charge in [-0.15, -0.1) is 0 Å². The van der Waals surface area contributed by atoms with Crippen LogP contribution in [0.15, 0.2) is 18.3 Å². The molecule has 1 aromatic heterocycles. The summed E-state index contributed by atoms with van der Waals surface area (Å²) < 4.78 is 0. The first kappa shape index (κ1) is 9.73. The number of phenols is 1. The van der Waals surface area contributed by atoms with E-state index in [-0.39, 0.29) is 5.54 Å². The molecular weight excluding hydrogens is 200 g/mol. The zero-order valence-electron chi connectivity index (χ0n) is 9.38. The van der Waals surface area contributed by atoms with Gasteiger partial charge in [0.1, 0.15) is 5.75 Å². The molecule has 1 fully saturated rings. The maximum atomic E-state index is 10.2. The highest BCUT2D eigenvalue weighted by Gasteiger charge is 2.38. The Morgan fingerprint density at radius 2 is 2.19 bits per heavy atom. The number of H-pyrrole nitrogens is 1. The summed E-state index contributed by atoms with van der Waals surface area (Å²) in [6.07, 6.45) is 4.83. The highest BCUT2D eigenvalue weighted by molar-refractivity contribution is 5.90. The molecule has 0 saturated heterocycles. The lowest BCUT2D eigenvalue weighted by atomic mass is 10.0. The largest absolute Gasteiger partial charge is 0.507 e. The Labute approximate surface area is 94.3 Å². The maximum absolute atomic E-state index is 10.2. The standard InChI is InChI=1S/C13H16N2O/c1-8-7-15-10-3-2-9(12(16)11(8)10)6-13(14)4-5-13/h2-3,7,15-16H,4-6,14H2,1H3. The average molecular weight is 216 g/mol. The molecule has 84 valence electrons. The van der Waals surface area contributed by atoms with Crippen molar-refractivity contribution >= 4 is 10.9 Å². The second-order valence-corrected chi connectivity index (χ2v) is 5.01. The maximum Gasteiger partial charge on any atom is 0.128 e. The second kappa shape index (κ2) is 3.01. The third-order valence-corrected chi connectivity index (χ3v) is 3.53. The summed E-state index contributed by atoms with van der Waals surface area (Å²) in [6, 6.07) is 3.99. The monoisotopic (exact) mass is 216 g/mol. The first-order valence-electron chi connectivity index (χ1n) is 5.66. The molecule has 4 N–H and O–H groups in total. The molecule has 1 aliphatic rings. The van der Waals surface area contributed by atoms with E-state index in [0.29, 0.717) is 5.75 Å². The van der Waals surface area contributed by atoms with Crippen LogP contribution in [-0.2, 0) is 6.42 Å². The summed E-state index contributed by atoms with van der Waals surface area (Å²) in [6.45, 7) is 2.00. The highest BCUT2D eigenvalue weighted by atomic mass is 16.3. The van der Waals surface area contributed by atoms with Gasteiger partial charge in [0.2, 0.25) is 0 Å². The van der Waals surface area contributed by atoms with Gasteiger partial charge in [0.15, 0.2) is 0 Å². The van der Waals surface area contributed by atoms with Crippen LogP contribution >= 0.6 is 0 Å². The Balaban J connectivity index is 2.11. The minimum absolute atomic E-state index is 0.0602. The number of fused-ring (bicyclic) bond motifs is 1. The van der Waals surface area contributed by atoms with Crippen LogP contribution in [0.5, 0.6) is 5.75 Å². The van der Waals surface area contributed by atoms with Gasteiger partial charge in [-0.3, -0.25) is 0 Å². The lowest BCUT2D eigenvalue weighted by Crippen LogP contribution is -2.24. The first-order chi connectivity index (χ1) is 7.59. The number of aromatic nitrogens is 1. The van der Waals surface area contributed by atoms with Crippen molar-refractivity contribution in [2.75, 3.05) is 0 Å². The number of nitrogens with two attached hydrogens (primary N) is 1. The van der Waals surface area contributed by atoms with E-state index in [1.165, 1.54) is 0 Å². The lowest BCUT2D eigenvalue weighted by molar-refractivity contribution is 0.470. The molecule has 0 atom stereocenters. The molecule has 1 aromatic carbocycles. The summed E-state index contributed by atoms with van der Waals surface area (Å²) in [4.78, 5) is 3.14. The Hall–Kier alpha value is -1.48. The van der Waals surface area contributed by atoms with Crippen LogP contribution in [0.25, 0.3) is 10.9 Å². The number of aromatic amines is 1. The van der Waals surface area contributed by atoms with Gasteiger partial charge in [0.05, 0.1) is 0 Å². The number of nitrogens with one attached hydrogen (secondary N) is 1. The predicted molar refractivity (Wildman–Crippen MR) is 64.6 cm³/mol. The summed E-state index contributed by atoms with van der Waals surface area (Å²) in [7, 11) is 0. The van der Waals surface area contributed by atoms with E-state index in [9.17, 15) is 5.11 Å². The van der Waals surface area contributed by atoms with Gasteiger partial charge in [-0.1, -0.05) is 6.07 Å². The summed E-state index contributed by atoms with van der Waals surface area (Å²) >= 11 is 0. The van der Waals surface area contributed by atoms with Gasteiger partial charge >= 0.3 is 0 Å². The quantitative estimate of drug-likeness (QED) is 0.720. The molecule has 0 aliphatic heterocycles. The van der Waals surface area contributed by atoms with Crippen molar-refractivity contribution in [3.63, 3.8) is 0 Å². The number of rotatable bonds is 2. The van der Waals surface area contributed by atoms with Gasteiger partial charge in [-0.05, 0) is 43.4 Å². The van der Waals surface area contributed by atoms with Crippen LogP contribution in [0.1, 0.15) is 24.0 Å². The number of phenolic OH excluding ortho intramolecular Hbond substituents is 1. The number of aryl methyl sites for hydroxylation is 1. The zero-order valence-corrected chi connectivity index (χ0v) is 9.38. The van der Waals surface area contributed by atoms with Crippen LogP contribution in [0.2, 0.25) is 0 Å². The minimum Gasteiger partial charge on any atom is -0.507 e. The molecule has 1 saturated carbocycles. The molecule has 0 unspecified atom stereocenters. The molecule has 3 rings (SSSR count). The fourth-order valence-corrected chi connectivity index (χ4v) is 2.27. The van der Waals surface area contributed by atoms with Gasteiger partial charge in [-0.25, -0.2) is 0 Å². The van der Waals surface area contributed by atoms with E-state index in [2.05, 4.69) is 4.98 Å². The Bertz CT molecular complexity index is 552. The normalized spacial score (nSPS) is 17.9. The third-order valence-electron chi connectivity index (χ3n) is 3.53. The van der Waals surface area contributed by atoms with Crippen molar-refractivity contribution in [1.82, 2.24) is 4.98 Å². The average Bonchev–Trinajstić information content (AvgIpc) is 2.84. The fourth-order valence-electron chi connectivity index (χ4n) is 2.27. The summed E-state index contributed by atoms with van der Waals surface area (Å²) in [5.74, 6) is 0.396. The van der Waals surface area contributed by atoms with Crippen molar-refractivity contribution in [1.29, 1.82) is 0 Å². The Kier molecular flexibility index (Phi) is 1.83.